The van der Waals surface area contributed by atoms with Gasteiger partial charge in [0.15, 0.2) is 0 Å². The Hall–Kier alpha value is -1.88. The third-order valence-electron chi connectivity index (χ3n) is 5.14. The zero-order valence-electron chi connectivity index (χ0n) is 14.0. The number of nitrogens with zero attached hydrogens (tertiary/aromatic N) is 3. The van der Waals surface area contributed by atoms with Crippen molar-refractivity contribution in [3.63, 3.8) is 0 Å². The molecule has 4 nitrogen and oxygen atoms in total. The number of imidazole rings is 1. The number of hydrogen-bond acceptors (Lipinski definition) is 2. The monoisotopic (exact) mass is 361 g/mol. The van der Waals surface area contributed by atoms with Crippen molar-refractivity contribution < 1.29 is 9.18 Å². The molecule has 1 aromatic carbocycles. The van der Waals surface area contributed by atoms with Crippen LogP contribution in [0.15, 0.2) is 30.6 Å². The Bertz CT molecular complexity index is 787. The van der Waals surface area contributed by atoms with E-state index in [-0.39, 0.29) is 16.8 Å². The number of piperidine rings is 1. The van der Waals surface area contributed by atoms with E-state index in [1.54, 1.807) is 6.07 Å². The zero-order chi connectivity index (χ0) is 17.4. The number of likely N-dealkylation sites (tertiary alicyclic amines) is 1. The molecule has 0 N–H and O–H groups in total. The van der Waals surface area contributed by atoms with Gasteiger partial charge in [-0.3, -0.25) is 4.79 Å². The van der Waals surface area contributed by atoms with E-state index in [2.05, 4.69) is 9.55 Å². The van der Waals surface area contributed by atoms with Gasteiger partial charge in [-0.25, -0.2) is 9.37 Å². The minimum Gasteiger partial charge on any atom is -0.338 e. The van der Waals surface area contributed by atoms with Gasteiger partial charge in [-0.2, -0.15) is 0 Å². The summed E-state index contributed by atoms with van der Waals surface area (Å²) in [4.78, 5) is 19.1. The minimum absolute atomic E-state index is 0.0372. The molecule has 0 spiro atoms. The van der Waals surface area contributed by atoms with Crippen LogP contribution in [0, 0.1) is 11.7 Å². The molecule has 2 aromatic rings. The highest BCUT2D eigenvalue weighted by Crippen LogP contribution is 2.33. The molecule has 1 saturated heterocycles. The van der Waals surface area contributed by atoms with Crippen LogP contribution in [0.3, 0.4) is 0 Å². The Balaban J connectivity index is 1.49. The highest BCUT2D eigenvalue weighted by atomic mass is 35.5. The van der Waals surface area contributed by atoms with E-state index in [0.29, 0.717) is 18.7 Å². The second-order valence-electron chi connectivity index (χ2n) is 7.10. The van der Waals surface area contributed by atoms with E-state index >= 15 is 0 Å². The standard InChI is InChI=1S/C19H21ClFN3O/c20-16-6-5-14(10-17(16)21)19(25)24-8-1-2-15(12-24)18-22-7-9-23(18)11-13-3-4-13/h5-7,9-10,13,15H,1-4,8,11-12H2/t15-/m0/s1. The van der Waals surface area contributed by atoms with Crippen molar-refractivity contribution in [1.29, 1.82) is 0 Å². The summed E-state index contributed by atoms with van der Waals surface area (Å²) in [6.45, 7) is 2.36. The Morgan fingerprint density at radius 2 is 2.16 bits per heavy atom. The lowest BCUT2D eigenvalue weighted by Crippen LogP contribution is -2.39. The first-order valence-electron chi connectivity index (χ1n) is 8.87. The quantitative estimate of drug-likeness (QED) is 0.822. The molecule has 1 aliphatic heterocycles. The van der Waals surface area contributed by atoms with Gasteiger partial charge in [0.05, 0.1) is 5.02 Å². The molecule has 2 aliphatic rings. The van der Waals surface area contributed by atoms with E-state index in [1.165, 1.54) is 25.0 Å². The first-order valence-corrected chi connectivity index (χ1v) is 9.25. The molecule has 1 aromatic heterocycles. The summed E-state index contributed by atoms with van der Waals surface area (Å²) in [6.07, 6.45) is 8.46. The Labute approximate surface area is 151 Å². The topological polar surface area (TPSA) is 38.1 Å². The summed E-state index contributed by atoms with van der Waals surface area (Å²) in [5, 5.41) is 0.0372. The lowest BCUT2D eigenvalue weighted by molar-refractivity contribution is 0.0702. The lowest BCUT2D eigenvalue weighted by atomic mass is 9.96. The van der Waals surface area contributed by atoms with Gasteiger partial charge in [0, 0.05) is 43.5 Å². The van der Waals surface area contributed by atoms with Gasteiger partial charge in [-0.1, -0.05) is 11.6 Å². The second-order valence-corrected chi connectivity index (χ2v) is 7.51. The molecule has 2 heterocycles. The smallest absolute Gasteiger partial charge is 0.253 e. The number of amides is 1. The SMILES string of the molecule is O=C(c1ccc(Cl)c(F)c1)N1CCC[C@H](c2nccn2CC2CC2)C1. The highest BCUT2D eigenvalue weighted by Gasteiger charge is 2.30. The van der Waals surface area contributed by atoms with Crippen molar-refractivity contribution in [2.45, 2.75) is 38.1 Å². The summed E-state index contributed by atoms with van der Waals surface area (Å²) < 4.78 is 15.9. The third-order valence-corrected chi connectivity index (χ3v) is 5.45. The van der Waals surface area contributed by atoms with Crippen LogP contribution < -0.4 is 0 Å². The molecule has 0 bridgehead atoms. The van der Waals surface area contributed by atoms with Gasteiger partial charge >= 0.3 is 0 Å². The first-order chi connectivity index (χ1) is 12.1. The van der Waals surface area contributed by atoms with Gasteiger partial charge in [0.25, 0.3) is 5.91 Å². The second kappa shape index (κ2) is 6.79. The molecule has 1 atom stereocenters. The van der Waals surface area contributed by atoms with Crippen molar-refractivity contribution in [2.24, 2.45) is 5.92 Å². The number of aromatic nitrogens is 2. The molecule has 0 unspecified atom stereocenters. The minimum atomic E-state index is -0.555. The molecular weight excluding hydrogens is 341 g/mol. The first kappa shape index (κ1) is 16.6. The van der Waals surface area contributed by atoms with E-state index in [4.69, 9.17) is 11.6 Å². The highest BCUT2D eigenvalue weighted by molar-refractivity contribution is 6.30. The molecule has 1 aliphatic carbocycles. The molecule has 2 fully saturated rings. The maximum atomic E-state index is 13.7. The summed E-state index contributed by atoms with van der Waals surface area (Å²) >= 11 is 5.71. The van der Waals surface area contributed by atoms with Gasteiger partial charge in [0.1, 0.15) is 11.6 Å². The van der Waals surface area contributed by atoms with E-state index < -0.39 is 5.82 Å². The predicted molar refractivity (Wildman–Crippen MR) is 94.2 cm³/mol. The molecule has 1 saturated carbocycles. The Kier molecular flexibility index (Phi) is 4.50. The number of benzene rings is 1. The fourth-order valence-electron chi connectivity index (χ4n) is 3.60. The molecule has 0 radical (unpaired) electrons. The van der Waals surface area contributed by atoms with Crippen LogP contribution in [-0.2, 0) is 6.54 Å². The Morgan fingerprint density at radius 3 is 2.92 bits per heavy atom. The Morgan fingerprint density at radius 1 is 1.32 bits per heavy atom. The average molecular weight is 362 g/mol. The third kappa shape index (κ3) is 3.56. The molecule has 4 rings (SSSR count). The molecule has 6 heteroatoms. The fourth-order valence-corrected chi connectivity index (χ4v) is 3.72. The van der Waals surface area contributed by atoms with Gasteiger partial charge in [-0.05, 0) is 49.8 Å². The summed E-state index contributed by atoms with van der Waals surface area (Å²) in [5.41, 5.74) is 0.351. The molecular formula is C19H21ClFN3O. The molecule has 1 amide bonds. The average Bonchev–Trinajstić information content (AvgIpc) is 3.32. The van der Waals surface area contributed by atoms with E-state index in [1.807, 2.05) is 17.3 Å². The number of halogens is 2. The largest absolute Gasteiger partial charge is 0.338 e. The molecule has 132 valence electrons. The normalized spacial score (nSPS) is 20.7. The summed E-state index contributed by atoms with van der Waals surface area (Å²) in [5.74, 6) is 1.41. The van der Waals surface area contributed by atoms with Gasteiger partial charge < -0.3 is 9.47 Å². The summed E-state index contributed by atoms with van der Waals surface area (Å²) in [6, 6.07) is 4.25. The van der Waals surface area contributed by atoms with Crippen molar-refractivity contribution in [3.8, 4) is 0 Å². The number of carbonyl (C=O) groups is 1. The van der Waals surface area contributed by atoms with Crippen LogP contribution in [0.4, 0.5) is 4.39 Å². The van der Waals surface area contributed by atoms with Crippen molar-refractivity contribution >= 4 is 17.5 Å². The van der Waals surface area contributed by atoms with Crippen LogP contribution >= 0.6 is 11.6 Å². The van der Waals surface area contributed by atoms with Crippen molar-refractivity contribution in [2.75, 3.05) is 13.1 Å². The number of carbonyl (C=O) groups excluding carboxylic acids is 1. The fraction of sp³-hybridized carbons (Fsp3) is 0.474. The maximum absolute atomic E-state index is 13.7. The van der Waals surface area contributed by atoms with Crippen molar-refractivity contribution in [1.82, 2.24) is 14.5 Å². The predicted octanol–water partition coefficient (Wildman–Crippen LogP) is 4.11. The van der Waals surface area contributed by atoms with E-state index in [9.17, 15) is 9.18 Å². The van der Waals surface area contributed by atoms with Crippen LogP contribution in [0.1, 0.15) is 47.8 Å². The van der Waals surface area contributed by atoms with Crippen LogP contribution in [0.25, 0.3) is 0 Å². The van der Waals surface area contributed by atoms with Gasteiger partial charge in [0.2, 0.25) is 0 Å². The van der Waals surface area contributed by atoms with Gasteiger partial charge in [-0.15, -0.1) is 0 Å². The van der Waals surface area contributed by atoms with Crippen molar-refractivity contribution in [3.05, 3.63) is 52.8 Å². The van der Waals surface area contributed by atoms with Crippen LogP contribution in [0.5, 0.6) is 0 Å². The number of rotatable bonds is 4. The van der Waals surface area contributed by atoms with Crippen LogP contribution in [0.2, 0.25) is 5.02 Å². The lowest BCUT2D eigenvalue weighted by Gasteiger charge is -2.33. The zero-order valence-corrected chi connectivity index (χ0v) is 14.8. The maximum Gasteiger partial charge on any atom is 0.253 e. The summed E-state index contributed by atoms with van der Waals surface area (Å²) in [7, 11) is 0. The molecule has 25 heavy (non-hydrogen) atoms. The van der Waals surface area contributed by atoms with Crippen LogP contribution in [-0.4, -0.2) is 33.4 Å². The number of hydrogen-bond donors (Lipinski definition) is 0. The van der Waals surface area contributed by atoms with E-state index in [0.717, 1.165) is 31.1 Å².